The summed E-state index contributed by atoms with van der Waals surface area (Å²) in [6.07, 6.45) is 9.99. The molecule has 10 nitrogen and oxygen atoms in total. The number of H-pyrrole nitrogens is 2. The number of rotatable bonds is 6. The number of nitrogens with zero attached hydrogens (tertiary/aromatic N) is 5. The Morgan fingerprint density at radius 2 is 1.91 bits per heavy atom. The van der Waals surface area contributed by atoms with Crippen molar-refractivity contribution in [1.29, 1.82) is 0 Å². The van der Waals surface area contributed by atoms with Gasteiger partial charge < -0.3 is 19.8 Å². The predicted octanol–water partition coefficient (Wildman–Crippen LogP) is 4.36. The molecule has 6 aromatic rings. The number of hydrogen-bond donors (Lipinski definition) is 4. The minimum absolute atomic E-state index is 0.314. The Labute approximate surface area is 198 Å². The molecule has 0 bridgehead atoms. The van der Waals surface area contributed by atoms with E-state index in [-0.39, 0.29) is 0 Å². The highest BCUT2D eigenvalue weighted by Gasteiger charge is 2.29. The molecule has 172 valence electrons. The lowest BCUT2D eigenvalue weighted by molar-refractivity contribution is 0.180. The third kappa shape index (κ3) is 3.51. The summed E-state index contributed by atoms with van der Waals surface area (Å²) in [7, 11) is 0. The second-order valence-electron chi connectivity index (χ2n) is 8.71. The van der Waals surface area contributed by atoms with Crippen LogP contribution in [0.15, 0.2) is 65.9 Å². The van der Waals surface area contributed by atoms with Gasteiger partial charge in [-0.2, -0.15) is 5.10 Å². The molecular weight excluding hydrogens is 444 g/mol. The lowest BCUT2D eigenvalue weighted by atomic mass is 10.1. The molecule has 35 heavy (non-hydrogen) atoms. The van der Waals surface area contributed by atoms with Gasteiger partial charge in [-0.25, -0.2) is 9.97 Å². The van der Waals surface area contributed by atoms with E-state index >= 15 is 0 Å². The molecule has 0 aromatic carbocycles. The van der Waals surface area contributed by atoms with Gasteiger partial charge in [-0.1, -0.05) is 0 Å². The number of pyridine rings is 3. The number of anilines is 1. The summed E-state index contributed by atoms with van der Waals surface area (Å²) in [4.78, 5) is 21.8. The van der Waals surface area contributed by atoms with E-state index in [1.165, 1.54) is 0 Å². The summed E-state index contributed by atoms with van der Waals surface area (Å²) in [5.41, 5.74) is 7.60. The van der Waals surface area contributed by atoms with Gasteiger partial charge in [0.2, 0.25) is 0 Å². The van der Waals surface area contributed by atoms with Crippen molar-refractivity contribution in [3.05, 3.63) is 61.4 Å². The summed E-state index contributed by atoms with van der Waals surface area (Å²) in [6, 6.07) is 9.53. The second kappa shape index (κ2) is 7.74. The summed E-state index contributed by atoms with van der Waals surface area (Å²) in [5.74, 6) is 0.907. The van der Waals surface area contributed by atoms with Crippen LogP contribution in [-0.4, -0.2) is 46.5 Å². The summed E-state index contributed by atoms with van der Waals surface area (Å²) in [6.45, 7) is 0. The molecule has 10 heteroatoms. The Kier molecular flexibility index (Phi) is 4.39. The topological polar surface area (TPSA) is 141 Å². The molecule has 1 aliphatic carbocycles. The number of nitrogens with one attached hydrogen (secondary N) is 3. The van der Waals surface area contributed by atoms with Crippen molar-refractivity contribution in [2.24, 2.45) is 5.92 Å². The number of furan rings is 1. The molecule has 6 heterocycles. The van der Waals surface area contributed by atoms with Crippen LogP contribution in [0.1, 0.15) is 12.8 Å². The van der Waals surface area contributed by atoms with E-state index in [1.807, 2.05) is 30.3 Å². The van der Waals surface area contributed by atoms with Crippen molar-refractivity contribution in [2.45, 2.75) is 19.1 Å². The van der Waals surface area contributed by atoms with Crippen molar-refractivity contribution in [3.8, 4) is 34.0 Å². The molecule has 7 rings (SSSR count). The standard InChI is InChI=1S/C25H20N8O2/c34-25(13-1-2-13)28-16-9-15(10-26-11-16)17-3-4-19-22(29-17)23(33-32-19)24-30-18-5-7-27-20(21(18)31-24)14-6-8-35-12-14/h3-13,25,28,34H,1-2H2,(H,30,31)(H,32,33). The van der Waals surface area contributed by atoms with Gasteiger partial charge in [0.05, 0.1) is 41.1 Å². The third-order valence-corrected chi connectivity index (χ3v) is 6.24. The van der Waals surface area contributed by atoms with Crippen LogP contribution in [0.3, 0.4) is 0 Å². The molecule has 0 radical (unpaired) electrons. The van der Waals surface area contributed by atoms with Gasteiger partial charge in [0, 0.05) is 29.4 Å². The number of imidazole rings is 1. The maximum absolute atomic E-state index is 10.2. The van der Waals surface area contributed by atoms with E-state index in [0.29, 0.717) is 23.0 Å². The SMILES string of the molecule is OC(Nc1cncc(-c2ccc3[nH]nc(-c4nc5c(-c6ccoc6)nccc5[nH]4)c3n2)c1)C1CC1. The Hall–Kier alpha value is -4.57. The number of fused-ring (bicyclic) bond motifs is 2. The Bertz CT molecular complexity index is 1670. The van der Waals surface area contributed by atoms with Crippen LogP contribution in [0.4, 0.5) is 5.69 Å². The Morgan fingerprint density at radius 1 is 1.00 bits per heavy atom. The highest BCUT2D eigenvalue weighted by Crippen LogP contribution is 2.34. The minimum Gasteiger partial charge on any atom is -0.472 e. The molecule has 1 atom stereocenters. The first kappa shape index (κ1) is 19.9. The smallest absolute Gasteiger partial charge is 0.161 e. The molecule has 0 aliphatic heterocycles. The maximum Gasteiger partial charge on any atom is 0.161 e. The fraction of sp³-hybridized carbons (Fsp3) is 0.160. The van der Waals surface area contributed by atoms with Crippen LogP contribution in [0.2, 0.25) is 0 Å². The molecule has 4 N–H and O–H groups in total. The highest BCUT2D eigenvalue weighted by molar-refractivity contribution is 5.94. The average molecular weight is 464 g/mol. The van der Waals surface area contributed by atoms with Crippen molar-refractivity contribution < 1.29 is 9.52 Å². The van der Waals surface area contributed by atoms with Crippen LogP contribution < -0.4 is 5.32 Å². The van der Waals surface area contributed by atoms with Gasteiger partial charge in [0.1, 0.15) is 23.0 Å². The normalized spacial score (nSPS) is 14.5. The van der Waals surface area contributed by atoms with Gasteiger partial charge in [-0.3, -0.25) is 15.1 Å². The molecule has 1 saturated carbocycles. The van der Waals surface area contributed by atoms with Crippen molar-refractivity contribution in [1.82, 2.24) is 35.1 Å². The number of aliphatic hydroxyl groups is 1. The van der Waals surface area contributed by atoms with Gasteiger partial charge in [-0.15, -0.1) is 0 Å². The van der Waals surface area contributed by atoms with Crippen LogP contribution >= 0.6 is 0 Å². The molecule has 0 amide bonds. The van der Waals surface area contributed by atoms with Gasteiger partial charge in [0.15, 0.2) is 11.5 Å². The summed E-state index contributed by atoms with van der Waals surface area (Å²) in [5, 5.41) is 20.9. The van der Waals surface area contributed by atoms with Crippen LogP contribution in [0, 0.1) is 5.92 Å². The van der Waals surface area contributed by atoms with Crippen LogP contribution in [0.5, 0.6) is 0 Å². The van der Waals surface area contributed by atoms with Gasteiger partial charge in [-0.05, 0) is 43.2 Å². The zero-order valence-corrected chi connectivity index (χ0v) is 18.4. The summed E-state index contributed by atoms with van der Waals surface area (Å²) >= 11 is 0. The van der Waals surface area contributed by atoms with E-state index in [9.17, 15) is 5.11 Å². The van der Waals surface area contributed by atoms with Crippen molar-refractivity contribution >= 4 is 27.8 Å². The van der Waals surface area contributed by atoms with E-state index in [4.69, 9.17) is 14.4 Å². The average Bonchev–Trinajstić information content (AvgIpc) is 3.26. The lowest BCUT2D eigenvalue weighted by Gasteiger charge is -2.13. The first-order valence-electron chi connectivity index (χ1n) is 11.4. The second-order valence-corrected chi connectivity index (χ2v) is 8.71. The minimum atomic E-state index is -0.558. The first-order valence-corrected chi connectivity index (χ1v) is 11.4. The lowest BCUT2D eigenvalue weighted by Crippen LogP contribution is -2.20. The van der Waals surface area contributed by atoms with Crippen molar-refractivity contribution in [2.75, 3.05) is 5.32 Å². The van der Waals surface area contributed by atoms with Crippen LogP contribution in [0.25, 0.3) is 56.1 Å². The van der Waals surface area contributed by atoms with E-state index in [0.717, 1.165) is 57.6 Å². The fourth-order valence-corrected chi connectivity index (χ4v) is 4.24. The highest BCUT2D eigenvalue weighted by atomic mass is 16.3. The van der Waals surface area contributed by atoms with E-state index in [1.54, 1.807) is 31.1 Å². The monoisotopic (exact) mass is 464 g/mol. The molecule has 1 unspecified atom stereocenters. The molecule has 1 fully saturated rings. The van der Waals surface area contributed by atoms with Crippen LogP contribution in [-0.2, 0) is 0 Å². The Morgan fingerprint density at radius 3 is 2.77 bits per heavy atom. The number of aliphatic hydroxyl groups excluding tert-OH is 1. The molecule has 0 saturated heterocycles. The fourth-order valence-electron chi connectivity index (χ4n) is 4.24. The quantitative estimate of drug-likeness (QED) is 0.266. The van der Waals surface area contributed by atoms with E-state index in [2.05, 4.69) is 30.5 Å². The zero-order chi connectivity index (χ0) is 23.4. The van der Waals surface area contributed by atoms with E-state index < -0.39 is 6.23 Å². The number of hydrogen-bond acceptors (Lipinski definition) is 8. The zero-order valence-electron chi connectivity index (χ0n) is 18.4. The first-order chi connectivity index (χ1) is 17.2. The maximum atomic E-state index is 10.2. The Balaban J connectivity index is 1.28. The third-order valence-electron chi connectivity index (χ3n) is 6.24. The predicted molar refractivity (Wildman–Crippen MR) is 130 cm³/mol. The molecule has 1 aliphatic rings. The van der Waals surface area contributed by atoms with Crippen molar-refractivity contribution in [3.63, 3.8) is 0 Å². The number of aromatic nitrogens is 7. The number of aromatic amines is 2. The molecule has 6 aromatic heterocycles. The molecule has 0 spiro atoms. The summed E-state index contributed by atoms with van der Waals surface area (Å²) < 4.78 is 5.23. The molecular formula is C25H20N8O2. The van der Waals surface area contributed by atoms with Gasteiger partial charge in [0.25, 0.3) is 0 Å². The van der Waals surface area contributed by atoms with Gasteiger partial charge >= 0.3 is 0 Å². The largest absolute Gasteiger partial charge is 0.472 e.